The van der Waals surface area contributed by atoms with Crippen LogP contribution in [0.15, 0.2) is 53.1 Å². The van der Waals surface area contributed by atoms with Crippen molar-refractivity contribution in [1.29, 1.82) is 0 Å². The molecule has 2 aromatic carbocycles. The summed E-state index contributed by atoms with van der Waals surface area (Å²) in [6.45, 7) is 3.11. The molecule has 2 heterocycles. The lowest BCUT2D eigenvalue weighted by Gasteiger charge is -2.02. The quantitative estimate of drug-likeness (QED) is 0.532. The van der Waals surface area contributed by atoms with Crippen LogP contribution in [0.25, 0.3) is 22.4 Å². The standard InChI is InChI=1S/C20H20N6O2/c1-2-10-26-17-9-8-15(12-16(17)23-25-26)20-22-19(28-24-20)13-21-18(27)11-14-6-4-3-5-7-14/h3-9,12H,2,10-11,13H2,1H3,(H,21,27). The Bertz CT molecular complexity index is 1090. The number of benzene rings is 2. The number of carbonyl (C=O) groups is 1. The topological polar surface area (TPSA) is 98.7 Å². The number of rotatable bonds is 7. The van der Waals surface area contributed by atoms with Crippen molar-refractivity contribution in [1.82, 2.24) is 30.5 Å². The highest BCUT2D eigenvalue weighted by atomic mass is 16.5. The molecule has 8 nitrogen and oxygen atoms in total. The summed E-state index contributed by atoms with van der Waals surface area (Å²) in [5, 5.41) is 15.2. The molecule has 4 aromatic rings. The number of amides is 1. The first-order chi connectivity index (χ1) is 13.7. The van der Waals surface area contributed by atoms with Crippen molar-refractivity contribution in [3.05, 3.63) is 60.0 Å². The van der Waals surface area contributed by atoms with Gasteiger partial charge in [-0.05, 0) is 30.2 Å². The summed E-state index contributed by atoms with van der Waals surface area (Å²) in [4.78, 5) is 16.4. The smallest absolute Gasteiger partial charge is 0.246 e. The highest BCUT2D eigenvalue weighted by Gasteiger charge is 2.12. The average molecular weight is 376 g/mol. The summed E-state index contributed by atoms with van der Waals surface area (Å²) >= 11 is 0. The van der Waals surface area contributed by atoms with Gasteiger partial charge in [0.25, 0.3) is 0 Å². The van der Waals surface area contributed by atoms with Gasteiger partial charge in [-0.1, -0.05) is 47.6 Å². The molecule has 142 valence electrons. The van der Waals surface area contributed by atoms with Gasteiger partial charge < -0.3 is 9.84 Å². The van der Waals surface area contributed by atoms with Crippen LogP contribution in [0.5, 0.6) is 0 Å². The van der Waals surface area contributed by atoms with Gasteiger partial charge in [-0.25, -0.2) is 4.68 Å². The van der Waals surface area contributed by atoms with Crippen LogP contribution >= 0.6 is 0 Å². The summed E-state index contributed by atoms with van der Waals surface area (Å²) in [6.07, 6.45) is 1.30. The SMILES string of the molecule is CCCn1nnc2cc(-c3noc(CNC(=O)Cc4ccccc4)n3)ccc21. The van der Waals surface area contributed by atoms with Crippen LogP contribution in [0.4, 0.5) is 0 Å². The zero-order valence-electron chi connectivity index (χ0n) is 15.5. The van der Waals surface area contributed by atoms with E-state index in [1.807, 2.05) is 53.2 Å². The maximum Gasteiger partial charge on any atom is 0.246 e. The zero-order valence-corrected chi connectivity index (χ0v) is 15.5. The molecule has 4 rings (SSSR count). The molecule has 0 unspecified atom stereocenters. The van der Waals surface area contributed by atoms with Crippen LogP contribution in [0.2, 0.25) is 0 Å². The van der Waals surface area contributed by atoms with E-state index >= 15 is 0 Å². The molecule has 0 aliphatic carbocycles. The van der Waals surface area contributed by atoms with Crippen LogP contribution in [0.3, 0.4) is 0 Å². The second kappa shape index (κ2) is 7.99. The molecule has 0 saturated carbocycles. The van der Waals surface area contributed by atoms with Crippen LogP contribution < -0.4 is 5.32 Å². The number of aryl methyl sites for hydroxylation is 1. The first-order valence-electron chi connectivity index (χ1n) is 9.20. The number of carbonyl (C=O) groups excluding carboxylic acids is 1. The number of nitrogens with zero attached hydrogens (tertiary/aromatic N) is 5. The summed E-state index contributed by atoms with van der Waals surface area (Å²) in [5.41, 5.74) is 3.51. The van der Waals surface area contributed by atoms with E-state index in [0.29, 0.717) is 18.1 Å². The van der Waals surface area contributed by atoms with Crippen molar-refractivity contribution in [3.63, 3.8) is 0 Å². The molecule has 0 spiro atoms. The lowest BCUT2D eigenvalue weighted by atomic mass is 10.1. The maximum absolute atomic E-state index is 12.0. The molecule has 1 N–H and O–H groups in total. The molecule has 0 saturated heterocycles. The van der Waals surface area contributed by atoms with Crippen molar-refractivity contribution >= 4 is 16.9 Å². The van der Waals surface area contributed by atoms with E-state index in [-0.39, 0.29) is 12.5 Å². The van der Waals surface area contributed by atoms with E-state index in [1.54, 1.807) is 0 Å². The first kappa shape index (κ1) is 17.8. The van der Waals surface area contributed by atoms with Gasteiger partial charge in [0.2, 0.25) is 17.6 Å². The van der Waals surface area contributed by atoms with Gasteiger partial charge in [0.1, 0.15) is 5.52 Å². The van der Waals surface area contributed by atoms with Crippen LogP contribution in [-0.4, -0.2) is 31.0 Å². The molecular weight excluding hydrogens is 356 g/mol. The third-order valence-electron chi connectivity index (χ3n) is 4.32. The Morgan fingerprint density at radius 1 is 1.18 bits per heavy atom. The predicted octanol–water partition coefficient (Wildman–Crippen LogP) is 2.75. The Labute approximate surface area is 161 Å². The summed E-state index contributed by atoms with van der Waals surface area (Å²) < 4.78 is 7.14. The monoisotopic (exact) mass is 376 g/mol. The van der Waals surface area contributed by atoms with Crippen LogP contribution in [0.1, 0.15) is 24.8 Å². The van der Waals surface area contributed by atoms with E-state index < -0.39 is 0 Å². The van der Waals surface area contributed by atoms with Gasteiger partial charge in [-0.3, -0.25) is 4.79 Å². The van der Waals surface area contributed by atoms with Crippen molar-refractivity contribution in [2.75, 3.05) is 0 Å². The third kappa shape index (κ3) is 3.90. The van der Waals surface area contributed by atoms with E-state index in [1.165, 1.54) is 0 Å². The Kier molecular flexibility index (Phi) is 5.09. The number of fused-ring (bicyclic) bond motifs is 1. The Morgan fingerprint density at radius 2 is 2.04 bits per heavy atom. The highest BCUT2D eigenvalue weighted by molar-refractivity contribution is 5.80. The van der Waals surface area contributed by atoms with Gasteiger partial charge in [0.05, 0.1) is 18.5 Å². The van der Waals surface area contributed by atoms with Crippen LogP contribution in [-0.2, 0) is 24.3 Å². The number of nitrogens with one attached hydrogen (secondary N) is 1. The van der Waals surface area contributed by atoms with Gasteiger partial charge >= 0.3 is 0 Å². The molecular formula is C20H20N6O2. The molecule has 0 radical (unpaired) electrons. The van der Waals surface area contributed by atoms with Crippen molar-refractivity contribution < 1.29 is 9.32 Å². The van der Waals surface area contributed by atoms with E-state index in [2.05, 4.69) is 32.7 Å². The minimum Gasteiger partial charge on any atom is -0.347 e. The second-order valence-electron chi connectivity index (χ2n) is 6.47. The molecule has 0 aliphatic rings. The minimum atomic E-state index is -0.0973. The fourth-order valence-electron chi connectivity index (χ4n) is 2.95. The van der Waals surface area contributed by atoms with Crippen molar-refractivity contribution in [2.45, 2.75) is 32.9 Å². The van der Waals surface area contributed by atoms with E-state index in [0.717, 1.165) is 35.1 Å². The zero-order chi connectivity index (χ0) is 19.3. The number of hydrogen-bond acceptors (Lipinski definition) is 6. The molecule has 1 amide bonds. The Balaban J connectivity index is 1.41. The lowest BCUT2D eigenvalue weighted by molar-refractivity contribution is -0.120. The largest absolute Gasteiger partial charge is 0.347 e. The van der Waals surface area contributed by atoms with Crippen LogP contribution in [0, 0.1) is 0 Å². The first-order valence-corrected chi connectivity index (χ1v) is 9.20. The lowest BCUT2D eigenvalue weighted by Crippen LogP contribution is -2.24. The average Bonchev–Trinajstić information content (AvgIpc) is 3.34. The maximum atomic E-state index is 12.0. The van der Waals surface area contributed by atoms with E-state index in [9.17, 15) is 4.79 Å². The number of hydrogen-bond donors (Lipinski definition) is 1. The molecule has 0 bridgehead atoms. The summed E-state index contributed by atoms with van der Waals surface area (Å²) in [6, 6.07) is 15.3. The minimum absolute atomic E-state index is 0.0973. The fraction of sp³-hybridized carbons (Fsp3) is 0.250. The van der Waals surface area contributed by atoms with Crippen molar-refractivity contribution in [3.8, 4) is 11.4 Å². The second-order valence-corrected chi connectivity index (χ2v) is 6.47. The normalized spacial score (nSPS) is 11.0. The third-order valence-corrected chi connectivity index (χ3v) is 4.32. The van der Waals surface area contributed by atoms with Gasteiger partial charge in [0, 0.05) is 12.1 Å². The Hall–Kier alpha value is -3.55. The Morgan fingerprint density at radius 3 is 2.86 bits per heavy atom. The van der Waals surface area contributed by atoms with Gasteiger partial charge in [0.15, 0.2) is 0 Å². The molecule has 2 aromatic heterocycles. The van der Waals surface area contributed by atoms with Gasteiger partial charge in [-0.15, -0.1) is 5.10 Å². The van der Waals surface area contributed by atoms with Crippen molar-refractivity contribution in [2.24, 2.45) is 0 Å². The number of aromatic nitrogens is 5. The summed E-state index contributed by atoms with van der Waals surface area (Å²) in [7, 11) is 0. The molecule has 28 heavy (non-hydrogen) atoms. The molecule has 0 atom stereocenters. The molecule has 0 aliphatic heterocycles. The molecule has 8 heteroatoms. The highest BCUT2D eigenvalue weighted by Crippen LogP contribution is 2.21. The fourth-order valence-corrected chi connectivity index (χ4v) is 2.95. The van der Waals surface area contributed by atoms with E-state index in [4.69, 9.17) is 4.52 Å². The summed E-state index contributed by atoms with van der Waals surface area (Å²) in [5.74, 6) is 0.713. The predicted molar refractivity (Wildman–Crippen MR) is 103 cm³/mol. The molecule has 0 fully saturated rings. The van der Waals surface area contributed by atoms with Gasteiger partial charge in [-0.2, -0.15) is 4.98 Å².